The van der Waals surface area contributed by atoms with E-state index in [0.717, 1.165) is 11.1 Å². The maximum absolute atomic E-state index is 12.6. The maximum atomic E-state index is 12.6. The lowest BCUT2D eigenvalue weighted by Crippen LogP contribution is -2.32. The van der Waals surface area contributed by atoms with Crippen molar-refractivity contribution in [2.45, 2.75) is 13.0 Å². The number of para-hydroxylation sites is 1. The molecular weight excluding hydrogens is 507 g/mol. The summed E-state index contributed by atoms with van der Waals surface area (Å²) in [4.78, 5) is 29.8. The molecule has 5 N–H and O–H groups in total. The van der Waals surface area contributed by atoms with Gasteiger partial charge in [-0.2, -0.15) is 0 Å². The Morgan fingerprint density at radius 1 is 0.943 bits per heavy atom. The van der Waals surface area contributed by atoms with Gasteiger partial charge in [-0.25, -0.2) is 4.98 Å². The summed E-state index contributed by atoms with van der Waals surface area (Å²) >= 11 is 1.33. The first-order valence-electron chi connectivity index (χ1n) is 10.2. The Kier molecular flexibility index (Phi) is 9.79. The summed E-state index contributed by atoms with van der Waals surface area (Å²) < 4.78 is 0. The van der Waals surface area contributed by atoms with Gasteiger partial charge >= 0.3 is 0 Å². The number of carbonyl (C=O) groups is 2. The Balaban J connectivity index is 0.00000216. The third kappa shape index (κ3) is 6.80. The smallest absolute Gasteiger partial charge is 0.266 e. The fourth-order valence-corrected chi connectivity index (χ4v) is 3.83. The highest BCUT2D eigenvalue weighted by Gasteiger charge is 2.14. The second-order valence-corrected chi connectivity index (χ2v) is 8.38. The number of thiophene rings is 1. The van der Waals surface area contributed by atoms with Crippen LogP contribution in [0.25, 0.3) is 22.4 Å². The number of halogens is 2. The second-order valence-electron chi connectivity index (χ2n) is 7.43. The zero-order chi connectivity index (χ0) is 23.4. The molecule has 4 aromatic rings. The first-order valence-corrected chi connectivity index (χ1v) is 11.1. The van der Waals surface area contributed by atoms with E-state index in [2.05, 4.69) is 15.6 Å². The number of anilines is 2. The Bertz CT molecular complexity index is 1310. The van der Waals surface area contributed by atoms with Crippen molar-refractivity contribution in [2.75, 3.05) is 10.6 Å². The van der Waals surface area contributed by atoms with Crippen LogP contribution in [0.2, 0.25) is 0 Å². The largest absolute Gasteiger partial charge is 0.507 e. The molecule has 2 amide bonds. The highest BCUT2D eigenvalue weighted by molar-refractivity contribution is 7.12. The van der Waals surface area contributed by atoms with E-state index < -0.39 is 6.04 Å². The van der Waals surface area contributed by atoms with Gasteiger partial charge in [0, 0.05) is 11.3 Å². The Labute approximate surface area is 219 Å². The zero-order valence-electron chi connectivity index (χ0n) is 18.6. The van der Waals surface area contributed by atoms with Gasteiger partial charge in [0.1, 0.15) is 11.6 Å². The van der Waals surface area contributed by atoms with Crippen molar-refractivity contribution in [3.63, 3.8) is 0 Å². The van der Waals surface area contributed by atoms with E-state index in [1.807, 2.05) is 29.6 Å². The van der Waals surface area contributed by atoms with Gasteiger partial charge in [0.05, 0.1) is 16.6 Å². The third-order valence-corrected chi connectivity index (χ3v) is 5.74. The molecule has 0 aliphatic heterocycles. The molecule has 10 heteroatoms. The molecule has 2 heterocycles. The van der Waals surface area contributed by atoms with Crippen LogP contribution >= 0.6 is 36.2 Å². The number of nitrogens with one attached hydrogen (secondary N) is 2. The Morgan fingerprint density at radius 3 is 2.40 bits per heavy atom. The van der Waals surface area contributed by atoms with Crippen LogP contribution < -0.4 is 16.4 Å². The van der Waals surface area contributed by atoms with E-state index in [-0.39, 0.29) is 42.4 Å². The van der Waals surface area contributed by atoms with Crippen molar-refractivity contribution in [2.24, 2.45) is 5.73 Å². The van der Waals surface area contributed by atoms with Crippen LogP contribution in [0.5, 0.6) is 5.75 Å². The summed E-state index contributed by atoms with van der Waals surface area (Å²) in [5.74, 6) is -0.138. The Hall–Kier alpha value is -3.43. The van der Waals surface area contributed by atoms with E-state index in [9.17, 15) is 14.7 Å². The number of nitrogens with zero attached hydrogens (tertiary/aromatic N) is 1. The molecule has 1 unspecified atom stereocenters. The molecule has 0 spiro atoms. The molecule has 0 aliphatic rings. The van der Waals surface area contributed by atoms with E-state index in [4.69, 9.17) is 5.73 Å². The van der Waals surface area contributed by atoms with Crippen LogP contribution in [0.3, 0.4) is 0 Å². The quantitative estimate of drug-likeness (QED) is 0.260. The number of aromatic hydroxyl groups is 1. The highest BCUT2D eigenvalue weighted by atomic mass is 35.5. The van der Waals surface area contributed by atoms with Crippen LogP contribution in [0.4, 0.5) is 11.5 Å². The van der Waals surface area contributed by atoms with Crippen molar-refractivity contribution in [3.8, 4) is 28.1 Å². The van der Waals surface area contributed by atoms with Gasteiger partial charge in [0.15, 0.2) is 0 Å². The standard InChI is InChI=1S/C25H22N4O3S.2ClH/c1-15(26)24(31)27-18-7-4-6-16(12-18)17-13-20(19-8-2-3-9-21(19)30)28-23(14-17)29-25(32)22-10-5-11-33-22;;/h2-15,30H,26H2,1H3,(H,27,31)(H,28,29,32);2*1H. The normalized spacial score (nSPS) is 10.9. The van der Waals surface area contributed by atoms with E-state index in [0.29, 0.717) is 27.6 Å². The average Bonchev–Trinajstić information content (AvgIpc) is 3.34. The lowest BCUT2D eigenvalue weighted by molar-refractivity contribution is -0.117. The fourth-order valence-electron chi connectivity index (χ4n) is 3.21. The van der Waals surface area contributed by atoms with Gasteiger partial charge in [0.25, 0.3) is 5.91 Å². The highest BCUT2D eigenvalue weighted by Crippen LogP contribution is 2.33. The van der Waals surface area contributed by atoms with Gasteiger partial charge in [-0.15, -0.1) is 36.2 Å². The molecule has 1 atom stereocenters. The molecular formula is C25H24Cl2N4O3S. The van der Waals surface area contributed by atoms with Crippen LogP contribution in [-0.2, 0) is 4.79 Å². The first-order chi connectivity index (χ1) is 15.9. The molecule has 2 aromatic carbocycles. The second kappa shape index (κ2) is 12.3. The van der Waals surface area contributed by atoms with Crippen LogP contribution in [0, 0.1) is 0 Å². The van der Waals surface area contributed by atoms with Crippen LogP contribution in [-0.4, -0.2) is 27.9 Å². The van der Waals surface area contributed by atoms with Crippen molar-refractivity contribution in [1.82, 2.24) is 4.98 Å². The number of amides is 2. The van der Waals surface area contributed by atoms with Gasteiger partial charge in [-0.1, -0.05) is 30.3 Å². The number of hydrogen-bond donors (Lipinski definition) is 4. The molecule has 0 radical (unpaired) electrons. The lowest BCUT2D eigenvalue weighted by Gasteiger charge is -2.13. The molecule has 0 fully saturated rings. The maximum Gasteiger partial charge on any atom is 0.266 e. The van der Waals surface area contributed by atoms with E-state index in [1.165, 1.54) is 11.3 Å². The molecule has 0 saturated heterocycles. The molecule has 182 valence electrons. The topological polar surface area (TPSA) is 117 Å². The number of pyridine rings is 1. The number of nitrogens with two attached hydrogens (primary N) is 1. The van der Waals surface area contributed by atoms with E-state index in [1.54, 1.807) is 55.5 Å². The minimum absolute atomic E-state index is 0. The van der Waals surface area contributed by atoms with Crippen LogP contribution in [0.15, 0.2) is 78.2 Å². The number of aromatic nitrogens is 1. The number of rotatable bonds is 6. The van der Waals surface area contributed by atoms with Crippen LogP contribution in [0.1, 0.15) is 16.6 Å². The van der Waals surface area contributed by atoms with Gasteiger partial charge < -0.3 is 21.5 Å². The Morgan fingerprint density at radius 2 is 1.71 bits per heavy atom. The van der Waals surface area contributed by atoms with Crippen molar-refractivity contribution >= 4 is 59.5 Å². The summed E-state index contributed by atoms with van der Waals surface area (Å²) in [6, 6.07) is 20.6. The van der Waals surface area contributed by atoms with Gasteiger partial charge in [0.2, 0.25) is 5.91 Å². The summed E-state index contributed by atoms with van der Waals surface area (Å²) in [5.41, 5.74) is 8.83. The van der Waals surface area contributed by atoms with Gasteiger partial charge in [-0.3, -0.25) is 9.59 Å². The predicted molar refractivity (Wildman–Crippen MR) is 146 cm³/mol. The molecule has 0 bridgehead atoms. The van der Waals surface area contributed by atoms with Crippen molar-refractivity contribution < 1.29 is 14.7 Å². The molecule has 0 saturated carbocycles. The minimum Gasteiger partial charge on any atom is -0.507 e. The molecule has 2 aromatic heterocycles. The molecule has 7 nitrogen and oxygen atoms in total. The summed E-state index contributed by atoms with van der Waals surface area (Å²) in [5, 5.41) is 17.8. The summed E-state index contributed by atoms with van der Waals surface area (Å²) in [7, 11) is 0. The lowest BCUT2D eigenvalue weighted by atomic mass is 10.0. The SMILES string of the molecule is CC(N)C(=O)Nc1cccc(-c2cc(NC(=O)c3cccs3)nc(-c3ccccc3O)c2)c1.Cl.Cl. The minimum atomic E-state index is -0.638. The number of hydrogen-bond acceptors (Lipinski definition) is 6. The first kappa shape index (κ1) is 27.8. The van der Waals surface area contributed by atoms with Gasteiger partial charge in [-0.05, 0) is 65.9 Å². The summed E-state index contributed by atoms with van der Waals surface area (Å²) in [6.45, 7) is 1.61. The predicted octanol–water partition coefficient (Wildman–Crippen LogP) is 5.56. The van der Waals surface area contributed by atoms with Crippen molar-refractivity contribution in [1.29, 1.82) is 0 Å². The third-order valence-electron chi connectivity index (χ3n) is 4.87. The number of carbonyl (C=O) groups excluding carboxylic acids is 2. The fraction of sp³-hybridized carbons (Fsp3) is 0.0800. The number of benzene rings is 2. The van der Waals surface area contributed by atoms with E-state index >= 15 is 0 Å². The average molecular weight is 531 g/mol. The number of phenols is 1. The number of phenolic OH excluding ortho intramolecular Hbond substituents is 1. The van der Waals surface area contributed by atoms with Crippen molar-refractivity contribution in [3.05, 3.63) is 83.1 Å². The molecule has 35 heavy (non-hydrogen) atoms. The zero-order valence-corrected chi connectivity index (χ0v) is 21.0. The molecule has 4 rings (SSSR count). The molecule has 0 aliphatic carbocycles. The summed E-state index contributed by atoms with van der Waals surface area (Å²) in [6.07, 6.45) is 0. The monoisotopic (exact) mass is 530 g/mol.